The summed E-state index contributed by atoms with van der Waals surface area (Å²) in [6.45, 7) is 6.73. The number of ether oxygens (including phenoxy) is 1. The van der Waals surface area contributed by atoms with Gasteiger partial charge in [0.15, 0.2) is 0 Å². The van der Waals surface area contributed by atoms with Crippen LogP contribution in [-0.2, 0) is 0 Å². The van der Waals surface area contributed by atoms with Crippen molar-refractivity contribution in [2.75, 3.05) is 31.6 Å². The number of hydrogen-bond acceptors (Lipinski definition) is 5. The zero-order valence-electron chi connectivity index (χ0n) is 10.7. The number of anilines is 1. The fraction of sp³-hybridized carbons (Fsp3) is 0.667. The highest BCUT2D eigenvalue weighted by Gasteiger charge is 2.33. The van der Waals surface area contributed by atoms with E-state index < -0.39 is 0 Å². The number of aromatic nitrogens is 2. The molecule has 0 amide bonds. The summed E-state index contributed by atoms with van der Waals surface area (Å²) >= 11 is 0. The number of rotatable bonds is 3. The quantitative estimate of drug-likeness (QED) is 0.847. The first kappa shape index (κ1) is 12.1. The number of aryl methyl sites for hydroxylation is 1. The molecular weight excluding hydrogens is 216 g/mol. The molecule has 1 aliphatic rings. The Morgan fingerprint density at radius 2 is 2.29 bits per heavy atom. The summed E-state index contributed by atoms with van der Waals surface area (Å²) < 4.78 is 5.17. The Morgan fingerprint density at radius 1 is 1.53 bits per heavy atom. The average molecular weight is 236 g/mol. The van der Waals surface area contributed by atoms with Crippen LogP contribution < -0.4 is 15.4 Å². The van der Waals surface area contributed by atoms with Gasteiger partial charge in [0.05, 0.1) is 7.11 Å². The molecule has 0 aromatic carbocycles. The third kappa shape index (κ3) is 2.49. The molecule has 5 heteroatoms. The Morgan fingerprint density at radius 3 is 2.88 bits per heavy atom. The number of nitrogens with two attached hydrogens (primary N) is 1. The molecule has 0 saturated carbocycles. The third-order valence-electron chi connectivity index (χ3n) is 3.36. The monoisotopic (exact) mass is 236 g/mol. The summed E-state index contributed by atoms with van der Waals surface area (Å²) in [7, 11) is 1.62. The molecule has 1 unspecified atom stereocenters. The van der Waals surface area contributed by atoms with Gasteiger partial charge in [-0.25, -0.2) is 4.98 Å². The molecule has 2 N–H and O–H groups in total. The van der Waals surface area contributed by atoms with E-state index in [1.165, 1.54) is 0 Å². The van der Waals surface area contributed by atoms with E-state index in [1.54, 1.807) is 7.11 Å². The van der Waals surface area contributed by atoms with Crippen LogP contribution in [0.15, 0.2) is 6.07 Å². The van der Waals surface area contributed by atoms with Crippen molar-refractivity contribution in [2.45, 2.75) is 20.3 Å². The molecule has 17 heavy (non-hydrogen) atoms. The molecule has 1 aromatic rings. The molecule has 0 radical (unpaired) electrons. The van der Waals surface area contributed by atoms with Gasteiger partial charge in [0.1, 0.15) is 0 Å². The van der Waals surface area contributed by atoms with Crippen molar-refractivity contribution in [2.24, 2.45) is 11.1 Å². The summed E-state index contributed by atoms with van der Waals surface area (Å²) in [4.78, 5) is 11.0. The Bertz CT molecular complexity index is 409. The zero-order chi connectivity index (χ0) is 12.5. The lowest BCUT2D eigenvalue weighted by Gasteiger charge is -2.22. The predicted octanol–water partition coefficient (Wildman–Crippen LogP) is 0.969. The second kappa shape index (κ2) is 4.49. The molecule has 2 rings (SSSR count). The van der Waals surface area contributed by atoms with Crippen LogP contribution in [-0.4, -0.2) is 36.7 Å². The molecule has 1 saturated heterocycles. The molecule has 2 heterocycles. The minimum Gasteiger partial charge on any atom is -0.481 e. The minimum absolute atomic E-state index is 0.181. The Kier molecular flexibility index (Phi) is 3.19. The highest BCUT2D eigenvalue weighted by Crippen LogP contribution is 2.31. The predicted molar refractivity (Wildman–Crippen MR) is 67.3 cm³/mol. The second-order valence-corrected chi connectivity index (χ2v) is 5.04. The van der Waals surface area contributed by atoms with Gasteiger partial charge in [-0.15, -0.1) is 0 Å². The number of nitrogens with zero attached hydrogens (tertiary/aromatic N) is 3. The van der Waals surface area contributed by atoms with E-state index >= 15 is 0 Å². The van der Waals surface area contributed by atoms with Gasteiger partial charge in [0.2, 0.25) is 11.8 Å². The zero-order valence-corrected chi connectivity index (χ0v) is 10.7. The lowest BCUT2D eigenvalue weighted by Crippen LogP contribution is -2.32. The third-order valence-corrected chi connectivity index (χ3v) is 3.36. The molecule has 5 nitrogen and oxygen atoms in total. The molecule has 1 atom stereocenters. The maximum absolute atomic E-state index is 5.80. The SMILES string of the molecule is COc1cc(C)nc(N2CCC(C)(CN)C2)n1. The van der Waals surface area contributed by atoms with E-state index in [0.717, 1.165) is 31.2 Å². The van der Waals surface area contributed by atoms with E-state index in [9.17, 15) is 0 Å². The number of methoxy groups -OCH3 is 1. The molecule has 0 spiro atoms. The molecule has 1 aromatic heterocycles. The molecule has 1 fully saturated rings. The van der Waals surface area contributed by atoms with Crippen LogP contribution >= 0.6 is 0 Å². The number of hydrogen-bond donors (Lipinski definition) is 1. The first-order valence-electron chi connectivity index (χ1n) is 5.91. The van der Waals surface area contributed by atoms with Crippen LogP contribution in [0, 0.1) is 12.3 Å². The lowest BCUT2D eigenvalue weighted by molar-refractivity contribution is 0.381. The van der Waals surface area contributed by atoms with Crippen molar-refractivity contribution < 1.29 is 4.74 Å². The maximum Gasteiger partial charge on any atom is 0.228 e. The van der Waals surface area contributed by atoms with Crippen molar-refractivity contribution >= 4 is 5.95 Å². The van der Waals surface area contributed by atoms with Crippen LogP contribution in [0.3, 0.4) is 0 Å². The van der Waals surface area contributed by atoms with Gasteiger partial charge in [-0.2, -0.15) is 4.98 Å². The lowest BCUT2D eigenvalue weighted by atomic mass is 9.90. The molecule has 0 aliphatic carbocycles. The van der Waals surface area contributed by atoms with E-state index in [2.05, 4.69) is 21.8 Å². The van der Waals surface area contributed by atoms with Gasteiger partial charge in [-0.1, -0.05) is 6.92 Å². The van der Waals surface area contributed by atoms with Gasteiger partial charge >= 0.3 is 0 Å². The smallest absolute Gasteiger partial charge is 0.228 e. The molecule has 1 aliphatic heterocycles. The van der Waals surface area contributed by atoms with Gasteiger partial charge < -0.3 is 15.4 Å². The second-order valence-electron chi connectivity index (χ2n) is 5.04. The highest BCUT2D eigenvalue weighted by molar-refractivity contribution is 5.36. The minimum atomic E-state index is 0.181. The first-order valence-corrected chi connectivity index (χ1v) is 5.91. The molecular formula is C12H20N4O. The largest absolute Gasteiger partial charge is 0.481 e. The summed E-state index contributed by atoms with van der Waals surface area (Å²) in [5, 5.41) is 0. The Balaban J connectivity index is 2.21. The van der Waals surface area contributed by atoms with Gasteiger partial charge in [0.25, 0.3) is 0 Å². The standard InChI is InChI=1S/C12H20N4O/c1-9-6-10(17-3)15-11(14-9)16-5-4-12(2,7-13)8-16/h6H,4-5,7-8,13H2,1-3H3. The van der Waals surface area contributed by atoms with Crippen molar-refractivity contribution in [3.8, 4) is 5.88 Å². The van der Waals surface area contributed by atoms with Gasteiger partial charge in [0, 0.05) is 24.8 Å². The van der Waals surface area contributed by atoms with Crippen LogP contribution in [0.25, 0.3) is 0 Å². The first-order chi connectivity index (χ1) is 8.06. The van der Waals surface area contributed by atoms with Crippen molar-refractivity contribution in [3.05, 3.63) is 11.8 Å². The van der Waals surface area contributed by atoms with E-state index in [0.29, 0.717) is 12.4 Å². The summed E-state index contributed by atoms with van der Waals surface area (Å²) in [6.07, 6.45) is 1.09. The summed E-state index contributed by atoms with van der Waals surface area (Å²) in [5.41, 5.74) is 6.91. The fourth-order valence-corrected chi connectivity index (χ4v) is 2.13. The van der Waals surface area contributed by atoms with Crippen LogP contribution in [0.4, 0.5) is 5.95 Å². The van der Waals surface area contributed by atoms with Gasteiger partial charge in [-0.05, 0) is 25.3 Å². The van der Waals surface area contributed by atoms with Crippen LogP contribution in [0.1, 0.15) is 19.0 Å². The van der Waals surface area contributed by atoms with E-state index in [1.807, 2.05) is 13.0 Å². The average Bonchev–Trinajstić information content (AvgIpc) is 2.72. The van der Waals surface area contributed by atoms with Crippen molar-refractivity contribution in [1.29, 1.82) is 0 Å². The highest BCUT2D eigenvalue weighted by atomic mass is 16.5. The fourth-order valence-electron chi connectivity index (χ4n) is 2.13. The van der Waals surface area contributed by atoms with Crippen LogP contribution in [0.2, 0.25) is 0 Å². The van der Waals surface area contributed by atoms with E-state index in [4.69, 9.17) is 10.5 Å². The maximum atomic E-state index is 5.80. The van der Waals surface area contributed by atoms with Crippen LogP contribution in [0.5, 0.6) is 5.88 Å². The Hall–Kier alpha value is -1.36. The summed E-state index contributed by atoms with van der Waals surface area (Å²) in [6, 6.07) is 1.84. The Labute approximate surface area is 102 Å². The van der Waals surface area contributed by atoms with Gasteiger partial charge in [-0.3, -0.25) is 0 Å². The topological polar surface area (TPSA) is 64.3 Å². The molecule has 0 bridgehead atoms. The van der Waals surface area contributed by atoms with Crippen molar-refractivity contribution in [3.63, 3.8) is 0 Å². The molecule has 94 valence electrons. The van der Waals surface area contributed by atoms with E-state index in [-0.39, 0.29) is 5.41 Å². The normalized spacial score (nSPS) is 24.1. The summed E-state index contributed by atoms with van der Waals surface area (Å²) in [5.74, 6) is 1.37. The van der Waals surface area contributed by atoms with Crippen molar-refractivity contribution in [1.82, 2.24) is 9.97 Å².